The van der Waals surface area contributed by atoms with E-state index in [4.69, 9.17) is 9.47 Å². The van der Waals surface area contributed by atoms with Crippen LogP contribution < -0.4 is 10.1 Å². The number of ether oxygens (including phenoxy) is 2. The topological polar surface area (TPSA) is 73.6 Å². The Kier molecular flexibility index (Phi) is 4.15. The zero-order valence-corrected chi connectivity index (χ0v) is 12.5. The molecule has 0 atom stereocenters. The highest BCUT2D eigenvalue weighted by Gasteiger charge is 2.08. The normalized spacial score (nSPS) is 10.8. The average molecular weight is 299 g/mol. The highest BCUT2D eigenvalue weighted by atomic mass is 16.5. The monoisotopic (exact) mass is 299 g/mol. The second-order valence-corrected chi connectivity index (χ2v) is 4.64. The zero-order chi connectivity index (χ0) is 15.4. The third kappa shape index (κ3) is 2.84. The number of anilines is 1. The minimum absolute atomic E-state index is 0.576. The van der Waals surface area contributed by atoms with Gasteiger partial charge in [-0.25, -0.2) is 14.5 Å². The van der Waals surface area contributed by atoms with Crippen LogP contribution in [-0.4, -0.2) is 47.0 Å². The Morgan fingerprint density at radius 2 is 2.00 bits per heavy atom. The summed E-state index contributed by atoms with van der Waals surface area (Å²) in [5.41, 5.74) is 2.58. The summed E-state index contributed by atoms with van der Waals surface area (Å²) in [5, 5.41) is 7.76. The van der Waals surface area contributed by atoms with E-state index >= 15 is 0 Å². The predicted octanol–water partition coefficient (Wildman–Crippen LogP) is 1.86. The van der Waals surface area contributed by atoms with Crippen molar-refractivity contribution < 1.29 is 9.47 Å². The number of hydrogen-bond acceptors (Lipinski definition) is 6. The molecule has 3 rings (SSSR count). The van der Waals surface area contributed by atoms with Gasteiger partial charge in [0.1, 0.15) is 5.82 Å². The zero-order valence-electron chi connectivity index (χ0n) is 12.5. The van der Waals surface area contributed by atoms with Crippen molar-refractivity contribution in [1.82, 2.24) is 19.6 Å². The summed E-state index contributed by atoms with van der Waals surface area (Å²) in [6.07, 6.45) is 3.53. The molecule has 0 amide bonds. The molecule has 0 spiro atoms. The van der Waals surface area contributed by atoms with Crippen LogP contribution in [0, 0.1) is 0 Å². The Hall–Kier alpha value is -2.67. The molecule has 7 heteroatoms. The largest absolute Gasteiger partial charge is 0.481 e. The fraction of sp³-hybridized carbons (Fsp3) is 0.267. The maximum absolute atomic E-state index is 5.08. The number of fused-ring (bicyclic) bond motifs is 1. The number of hydrogen-bond donors (Lipinski definition) is 1. The van der Waals surface area contributed by atoms with E-state index in [0.717, 1.165) is 22.7 Å². The summed E-state index contributed by atoms with van der Waals surface area (Å²) in [6, 6.07) is 7.56. The Morgan fingerprint density at radius 3 is 2.73 bits per heavy atom. The molecule has 0 saturated carbocycles. The first-order valence-electron chi connectivity index (χ1n) is 6.90. The maximum Gasteiger partial charge on any atom is 0.212 e. The van der Waals surface area contributed by atoms with Crippen LogP contribution in [0.1, 0.15) is 0 Å². The molecule has 3 aromatic rings. The molecule has 22 heavy (non-hydrogen) atoms. The van der Waals surface area contributed by atoms with E-state index in [1.807, 2.05) is 24.3 Å². The van der Waals surface area contributed by atoms with Crippen molar-refractivity contribution in [2.75, 3.05) is 32.7 Å². The first-order valence-corrected chi connectivity index (χ1v) is 6.90. The molecule has 7 nitrogen and oxygen atoms in total. The van der Waals surface area contributed by atoms with Gasteiger partial charge in [-0.2, -0.15) is 0 Å². The highest BCUT2D eigenvalue weighted by molar-refractivity contribution is 5.63. The van der Waals surface area contributed by atoms with Gasteiger partial charge in [-0.3, -0.25) is 0 Å². The number of methoxy groups -OCH3 is 2. The molecule has 0 saturated heterocycles. The van der Waals surface area contributed by atoms with E-state index in [2.05, 4.69) is 20.4 Å². The Labute approximate surface area is 127 Å². The fourth-order valence-corrected chi connectivity index (χ4v) is 2.10. The second-order valence-electron chi connectivity index (χ2n) is 4.64. The van der Waals surface area contributed by atoms with Gasteiger partial charge in [0.05, 0.1) is 25.6 Å². The Balaban J connectivity index is 1.93. The summed E-state index contributed by atoms with van der Waals surface area (Å²) in [6.45, 7) is 1.32. The van der Waals surface area contributed by atoms with Crippen LogP contribution in [0.25, 0.3) is 16.9 Å². The quantitative estimate of drug-likeness (QED) is 0.700. The SMILES string of the molecule is COCCNc1ccc2ncc(-c3ccc(OC)nc3)n2n1. The van der Waals surface area contributed by atoms with Gasteiger partial charge >= 0.3 is 0 Å². The van der Waals surface area contributed by atoms with Crippen LogP contribution in [0.2, 0.25) is 0 Å². The van der Waals surface area contributed by atoms with Gasteiger partial charge in [0.25, 0.3) is 0 Å². The summed E-state index contributed by atoms with van der Waals surface area (Å²) < 4.78 is 11.9. The maximum atomic E-state index is 5.08. The van der Waals surface area contributed by atoms with Gasteiger partial charge in [-0.1, -0.05) is 0 Å². The molecule has 0 radical (unpaired) electrons. The van der Waals surface area contributed by atoms with E-state index in [1.165, 1.54) is 0 Å². The smallest absolute Gasteiger partial charge is 0.212 e. The van der Waals surface area contributed by atoms with E-state index in [1.54, 1.807) is 31.1 Å². The first kappa shape index (κ1) is 14.3. The van der Waals surface area contributed by atoms with Gasteiger partial charge in [-0.05, 0) is 18.2 Å². The molecule has 0 fully saturated rings. The van der Waals surface area contributed by atoms with Gasteiger partial charge in [-0.15, -0.1) is 5.10 Å². The lowest BCUT2D eigenvalue weighted by molar-refractivity contribution is 0.210. The molecule has 114 valence electrons. The molecular weight excluding hydrogens is 282 g/mol. The molecule has 0 aromatic carbocycles. The molecule has 1 N–H and O–H groups in total. The fourth-order valence-electron chi connectivity index (χ4n) is 2.10. The van der Waals surface area contributed by atoms with E-state index in [-0.39, 0.29) is 0 Å². The predicted molar refractivity (Wildman–Crippen MR) is 83.1 cm³/mol. The molecule has 3 aromatic heterocycles. The molecule has 3 heterocycles. The van der Waals surface area contributed by atoms with Gasteiger partial charge < -0.3 is 14.8 Å². The molecule has 0 bridgehead atoms. The van der Waals surface area contributed by atoms with Crippen molar-refractivity contribution in [2.45, 2.75) is 0 Å². The van der Waals surface area contributed by atoms with Gasteiger partial charge in [0, 0.05) is 31.5 Å². The Morgan fingerprint density at radius 1 is 1.09 bits per heavy atom. The van der Waals surface area contributed by atoms with Crippen molar-refractivity contribution in [1.29, 1.82) is 0 Å². The summed E-state index contributed by atoms with van der Waals surface area (Å²) >= 11 is 0. The van der Waals surface area contributed by atoms with Crippen molar-refractivity contribution in [3.8, 4) is 17.1 Å². The van der Waals surface area contributed by atoms with Crippen molar-refractivity contribution in [2.24, 2.45) is 0 Å². The summed E-state index contributed by atoms with van der Waals surface area (Å²) in [4.78, 5) is 8.58. The van der Waals surface area contributed by atoms with Crippen molar-refractivity contribution >= 4 is 11.5 Å². The van der Waals surface area contributed by atoms with Gasteiger partial charge in [0.15, 0.2) is 5.65 Å². The van der Waals surface area contributed by atoms with Gasteiger partial charge in [0.2, 0.25) is 5.88 Å². The third-order valence-corrected chi connectivity index (χ3v) is 3.22. The van der Waals surface area contributed by atoms with Crippen molar-refractivity contribution in [3.05, 3.63) is 36.7 Å². The third-order valence-electron chi connectivity index (χ3n) is 3.22. The van der Waals surface area contributed by atoms with E-state index in [9.17, 15) is 0 Å². The Bertz CT molecular complexity index is 754. The molecule has 0 aliphatic rings. The van der Waals surface area contributed by atoms with E-state index in [0.29, 0.717) is 19.0 Å². The van der Waals surface area contributed by atoms with Crippen LogP contribution in [0.5, 0.6) is 5.88 Å². The number of pyridine rings is 1. The molecule has 0 unspecified atom stereocenters. The van der Waals surface area contributed by atoms with Crippen molar-refractivity contribution in [3.63, 3.8) is 0 Å². The number of nitrogens with zero attached hydrogens (tertiary/aromatic N) is 4. The van der Waals surface area contributed by atoms with Crippen LogP contribution in [-0.2, 0) is 4.74 Å². The summed E-state index contributed by atoms with van der Waals surface area (Å²) in [5.74, 6) is 1.35. The minimum Gasteiger partial charge on any atom is -0.481 e. The lowest BCUT2D eigenvalue weighted by atomic mass is 10.2. The lowest BCUT2D eigenvalue weighted by Crippen LogP contribution is -2.10. The van der Waals surface area contributed by atoms with Crippen LogP contribution in [0.15, 0.2) is 36.7 Å². The number of imidazole rings is 1. The lowest BCUT2D eigenvalue weighted by Gasteiger charge is -2.06. The van der Waals surface area contributed by atoms with Crippen LogP contribution in [0.4, 0.5) is 5.82 Å². The number of aromatic nitrogens is 4. The number of nitrogens with one attached hydrogen (secondary N) is 1. The molecule has 0 aliphatic heterocycles. The number of rotatable bonds is 6. The van der Waals surface area contributed by atoms with E-state index < -0.39 is 0 Å². The van der Waals surface area contributed by atoms with Crippen LogP contribution >= 0.6 is 0 Å². The second kappa shape index (κ2) is 6.40. The standard InChI is InChI=1S/C15H17N5O2/c1-21-8-7-16-13-4-5-14-17-10-12(20(14)19-13)11-3-6-15(22-2)18-9-11/h3-6,9-10H,7-8H2,1-2H3,(H,16,19). The van der Waals surface area contributed by atoms with Crippen LogP contribution in [0.3, 0.4) is 0 Å². The minimum atomic E-state index is 0.576. The molecular formula is C15H17N5O2. The molecule has 0 aliphatic carbocycles. The highest BCUT2D eigenvalue weighted by Crippen LogP contribution is 2.21. The summed E-state index contributed by atoms with van der Waals surface area (Å²) in [7, 11) is 3.26. The first-order chi connectivity index (χ1) is 10.8. The average Bonchev–Trinajstić information content (AvgIpc) is 2.98.